The molecule has 0 radical (unpaired) electrons. The van der Waals surface area contributed by atoms with Crippen molar-refractivity contribution in [3.8, 4) is 0 Å². The van der Waals surface area contributed by atoms with Gasteiger partial charge in [0.05, 0.1) is 6.04 Å². The number of amides is 1. The molecular formula is C15H21N3O. The van der Waals surface area contributed by atoms with Crippen LogP contribution in [0, 0.1) is 0 Å². The van der Waals surface area contributed by atoms with Crippen LogP contribution in [0.4, 0.5) is 5.82 Å². The number of hydrogen-bond acceptors (Lipinski definition) is 3. The second-order valence-electron chi connectivity index (χ2n) is 5.58. The number of hydrogen-bond donors (Lipinski definition) is 1. The lowest BCUT2D eigenvalue weighted by molar-refractivity contribution is -0.132. The largest absolute Gasteiger partial charge is 0.367 e. The Kier molecular flexibility index (Phi) is 3.40. The summed E-state index contributed by atoms with van der Waals surface area (Å²) in [6.45, 7) is 2.54. The number of carbonyl (C=O) groups excluding carboxylic acids is 1. The van der Waals surface area contributed by atoms with Gasteiger partial charge < -0.3 is 10.2 Å². The molecule has 2 heterocycles. The zero-order valence-corrected chi connectivity index (χ0v) is 11.4. The molecule has 0 aromatic carbocycles. The first-order chi connectivity index (χ1) is 9.25. The fraction of sp³-hybridized carbons (Fsp3) is 0.600. The first-order valence-electron chi connectivity index (χ1n) is 7.24. The van der Waals surface area contributed by atoms with Crippen LogP contribution in [0.3, 0.4) is 0 Å². The van der Waals surface area contributed by atoms with Gasteiger partial charge in [-0.15, -0.1) is 0 Å². The van der Waals surface area contributed by atoms with Gasteiger partial charge in [-0.25, -0.2) is 4.98 Å². The van der Waals surface area contributed by atoms with Crippen molar-refractivity contribution in [3.63, 3.8) is 0 Å². The predicted molar refractivity (Wildman–Crippen MR) is 74.9 cm³/mol. The molecule has 1 aliphatic carbocycles. The van der Waals surface area contributed by atoms with Crippen LogP contribution in [0.5, 0.6) is 0 Å². The van der Waals surface area contributed by atoms with Gasteiger partial charge in [-0.05, 0) is 38.2 Å². The zero-order valence-electron chi connectivity index (χ0n) is 11.4. The van der Waals surface area contributed by atoms with Gasteiger partial charge in [0.2, 0.25) is 5.91 Å². The van der Waals surface area contributed by atoms with E-state index in [4.69, 9.17) is 0 Å². The third kappa shape index (κ3) is 2.72. The minimum absolute atomic E-state index is 0.172. The Bertz CT molecular complexity index is 470. The summed E-state index contributed by atoms with van der Waals surface area (Å²) < 4.78 is 0. The third-order valence-electron chi connectivity index (χ3n) is 4.02. The number of anilines is 1. The van der Waals surface area contributed by atoms with E-state index in [1.54, 1.807) is 6.92 Å². The molecule has 1 aliphatic heterocycles. The van der Waals surface area contributed by atoms with E-state index < -0.39 is 0 Å². The highest BCUT2D eigenvalue weighted by Crippen LogP contribution is 2.35. The molecular weight excluding hydrogens is 238 g/mol. The minimum Gasteiger partial charge on any atom is -0.367 e. The van der Waals surface area contributed by atoms with E-state index in [1.165, 1.54) is 24.8 Å². The molecule has 102 valence electrons. The van der Waals surface area contributed by atoms with Crippen molar-refractivity contribution in [3.05, 3.63) is 23.9 Å². The molecule has 1 N–H and O–H groups in total. The highest BCUT2D eigenvalue weighted by molar-refractivity contribution is 5.74. The Balaban J connectivity index is 1.87. The summed E-state index contributed by atoms with van der Waals surface area (Å²) in [5.74, 6) is 1.15. The molecule has 1 atom stereocenters. The average molecular weight is 259 g/mol. The van der Waals surface area contributed by atoms with Crippen LogP contribution in [-0.2, 0) is 4.79 Å². The highest BCUT2D eigenvalue weighted by Gasteiger charge is 2.29. The van der Waals surface area contributed by atoms with Gasteiger partial charge in [0.15, 0.2) is 0 Å². The van der Waals surface area contributed by atoms with E-state index in [9.17, 15) is 4.79 Å². The van der Waals surface area contributed by atoms with Crippen LogP contribution in [-0.4, -0.2) is 28.4 Å². The van der Waals surface area contributed by atoms with E-state index in [-0.39, 0.29) is 11.9 Å². The Morgan fingerprint density at radius 2 is 2.21 bits per heavy atom. The van der Waals surface area contributed by atoms with Crippen molar-refractivity contribution in [2.24, 2.45) is 0 Å². The highest BCUT2D eigenvalue weighted by atomic mass is 16.2. The van der Waals surface area contributed by atoms with E-state index in [0.717, 1.165) is 25.2 Å². The maximum absolute atomic E-state index is 11.8. The molecule has 2 fully saturated rings. The third-order valence-corrected chi connectivity index (χ3v) is 4.02. The van der Waals surface area contributed by atoms with Crippen molar-refractivity contribution in [2.45, 2.75) is 51.1 Å². The number of aromatic nitrogens is 1. The summed E-state index contributed by atoms with van der Waals surface area (Å²) >= 11 is 0. The molecule has 2 aliphatic rings. The lowest BCUT2D eigenvalue weighted by Gasteiger charge is -2.36. The lowest BCUT2D eigenvalue weighted by atomic mass is 9.95. The minimum atomic E-state index is 0.172. The molecule has 0 spiro atoms. The van der Waals surface area contributed by atoms with Crippen molar-refractivity contribution < 1.29 is 4.79 Å². The van der Waals surface area contributed by atoms with Gasteiger partial charge in [-0.2, -0.15) is 0 Å². The summed E-state index contributed by atoms with van der Waals surface area (Å²) in [7, 11) is 0. The molecule has 4 nitrogen and oxygen atoms in total. The van der Waals surface area contributed by atoms with Crippen molar-refractivity contribution in [2.75, 3.05) is 11.9 Å². The van der Waals surface area contributed by atoms with E-state index in [0.29, 0.717) is 6.04 Å². The first kappa shape index (κ1) is 12.5. The second kappa shape index (κ2) is 5.19. The van der Waals surface area contributed by atoms with Crippen LogP contribution in [0.2, 0.25) is 0 Å². The standard InChI is InChI=1S/C15H21N3O/c1-11(19)18-10-3-2-6-14(18)13-5-4-9-16-15(13)17-12-7-8-12/h4-5,9,12,14H,2-3,6-8,10H2,1H3,(H,16,17)/t14-/m0/s1. The van der Waals surface area contributed by atoms with Crippen LogP contribution < -0.4 is 5.32 Å². The van der Waals surface area contributed by atoms with Crippen LogP contribution >= 0.6 is 0 Å². The van der Waals surface area contributed by atoms with Crippen molar-refractivity contribution in [1.29, 1.82) is 0 Å². The summed E-state index contributed by atoms with van der Waals surface area (Å²) in [5.41, 5.74) is 1.18. The Hall–Kier alpha value is -1.58. The van der Waals surface area contributed by atoms with Crippen molar-refractivity contribution >= 4 is 11.7 Å². The van der Waals surface area contributed by atoms with E-state index in [1.807, 2.05) is 17.2 Å². The van der Waals surface area contributed by atoms with Gasteiger partial charge >= 0.3 is 0 Å². The molecule has 1 aromatic heterocycles. The number of piperidine rings is 1. The van der Waals surface area contributed by atoms with Crippen LogP contribution in [0.1, 0.15) is 50.6 Å². The van der Waals surface area contributed by atoms with Gasteiger partial charge in [0.1, 0.15) is 5.82 Å². The maximum Gasteiger partial charge on any atom is 0.219 e. The molecule has 1 amide bonds. The summed E-state index contributed by atoms with van der Waals surface area (Å²) in [6.07, 6.45) is 7.64. The molecule has 19 heavy (non-hydrogen) atoms. The topological polar surface area (TPSA) is 45.2 Å². The number of nitrogens with one attached hydrogen (secondary N) is 1. The molecule has 0 unspecified atom stereocenters. The lowest BCUT2D eigenvalue weighted by Crippen LogP contribution is -2.37. The SMILES string of the molecule is CC(=O)N1CCCC[C@H]1c1cccnc1NC1CC1. The van der Waals surface area contributed by atoms with Gasteiger partial charge in [-0.1, -0.05) is 6.07 Å². The Labute approximate surface area is 114 Å². The average Bonchev–Trinajstić information content (AvgIpc) is 3.23. The summed E-state index contributed by atoms with van der Waals surface area (Å²) in [6, 6.07) is 4.87. The number of likely N-dealkylation sites (tertiary alicyclic amines) is 1. The van der Waals surface area contributed by atoms with Gasteiger partial charge in [0.25, 0.3) is 0 Å². The van der Waals surface area contributed by atoms with Gasteiger partial charge in [-0.3, -0.25) is 4.79 Å². The fourth-order valence-electron chi connectivity index (χ4n) is 2.86. The van der Waals surface area contributed by atoms with Crippen LogP contribution in [0.25, 0.3) is 0 Å². The second-order valence-corrected chi connectivity index (χ2v) is 5.58. The van der Waals surface area contributed by atoms with Crippen molar-refractivity contribution in [1.82, 2.24) is 9.88 Å². The monoisotopic (exact) mass is 259 g/mol. The molecule has 1 saturated carbocycles. The van der Waals surface area contributed by atoms with Gasteiger partial charge in [0, 0.05) is 31.3 Å². The fourth-order valence-corrected chi connectivity index (χ4v) is 2.86. The molecule has 4 heteroatoms. The zero-order chi connectivity index (χ0) is 13.2. The quantitative estimate of drug-likeness (QED) is 0.907. The number of carbonyl (C=O) groups is 1. The van der Waals surface area contributed by atoms with E-state index >= 15 is 0 Å². The normalized spacial score (nSPS) is 23.2. The Morgan fingerprint density at radius 3 is 2.95 bits per heavy atom. The number of nitrogens with zero attached hydrogens (tertiary/aromatic N) is 2. The number of pyridine rings is 1. The maximum atomic E-state index is 11.8. The molecule has 0 bridgehead atoms. The Morgan fingerprint density at radius 1 is 1.37 bits per heavy atom. The molecule has 1 saturated heterocycles. The predicted octanol–water partition coefficient (Wildman–Crippen LogP) is 2.73. The van der Waals surface area contributed by atoms with E-state index in [2.05, 4.69) is 16.4 Å². The first-order valence-corrected chi connectivity index (χ1v) is 7.24. The smallest absolute Gasteiger partial charge is 0.219 e. The number of rotatable bonds is 3. The molecule has 3 rings (SSSR count). The summed E-state index contributed by atoms with van der Waals surface area (Å²) in [5, 5.41) is 3.49. The summed E-state index contributed by atoms with van der Waals surface area (Å²) in [4.78, 5) is 18.3. The van der Waals surface area contributed by atoms with Crippen LogP contribution in [0.15, 0.2) is 18.3 Å². The molecule has 1 aromatic rings.